The van der Waals surface area contributed by atoms with Gasteiger partial charge in [-0.15, -0.1) is 0 Å². The largest absolute Gasteiger partial charge is 0.495 e. The molecule has 1 aliphatic rings. The fourth-order valence-electron chi connectivity index (χ4n) is 5.69. The number of hydrogen-bond donors (Lipinski definition) is 3. The topological polar surface area (TPSA) is 152 Å². The number of aliphatic carboxylic acids is 1. The number of rotatable bonds is 9. The number of nitrogens with one attached hydrogen (secondary N) is 1. The van der Waals surface area contributed by atoms with Crippen LogP contribution in [0.25, 0.3) is 10.8 Å². The number of nitrogens with zero attached hydrogens (tertiary/aromatic N) is 2. The summed E-state index contributed by atoms with van der Waals surface area (Å²) in [6.07, 6.45) is 1.75. The minimum atomic E-state index is -3.80. The number of sulfone groups is 1. The molecule has 3 aromatic carbocycles. The average molecular weight is 637 g/mol. The Morgan fingerprint density at radius 1 is 1.11 bits per heavy atom. The molecule has 3 atom stereocenters. The van der Waals surface area contributed by atoms with Gasteiger partial charge in [-0.1, -0.05) is 35.9 Å². The molecule has 5 rings (SSSR count). The quantitative estimate of drug-likeness (QED) is 0.217. The first-order chi connectivity index (χ1) is 20.9. The van der Waals surface area contributed by atoms with E-state index >= 15 is 0 Å². The molecule has 12 heteroatoms. The van der Waals surface area contributed by atoms with Gasteiger partial charge in [-0.25, -0.2) is 13.4 Å². The third kappa shape index (κ3) is 5.77. The molecule has 0 saturated carbocycles. The molecule has 0 aliphatic carbocycles. The summed E-state index contributed by atoms with van der Waals surface area (Å²) in [6.45, 7) is 3.25. The molecular formula is C32H33ClN4O6S. The number of fused-ring (bicyclic) bond motifs is 1. The van der Waals surface area contributed by atoms with Crippen LogP contribution in [0.1, 0.15) is 43.5 Å². The van der Waals surface area contributed by atoms with Crippen molar-refractivity contribution in [2.45, 2.75) is 42.5 Å². The molecule has 10 nitrogen and oxygen atoms in total. The molecule has 1 aromatic heterocycles. The van der Waals surface area contributed by atoms with Gasteiger partial charge in [0.2, 0.25) is 5.91 Å². The second kappa shape index (κ2) is 12.3. The number of carbonyl (C=O) groups is 2. The highest BCUT2D eigenvalue weighted by molar-refractivity contribution is 7.92. The third-order valence-corrected chi connectivity index (χ3v) is 10.6. The highest BCUT2D eigenvalue weighted by atomic mass is 35.5. The standard InChI is InChI=1S/C32H33ClN4O6S/c1-18(2)44(41,42)27-7-5-4-6-23(27)29-24(32(39)40)13-15-37(29)31(38)28(20-8-11-25(33)26(17-20)43-3)36-21-9-10-22-19(16-21)12-14-35-30(22)34/h4-12,14,16-18,24,28-29,36H,13,15H2,1-3H3,(H2,34,35)(H,39,40)/t24?,28-,29?/m1/s1. The van der Waals surface area contributed by atoms with Gasteiger partial charge in [-0.3, -0.25) is 9.59 Å². The van der Waals surface area contributed by atoms with E-state index in [0.29, 0.717) is 27.8 Å². The number of hydrogen-bond acceptors (Lipinski definition) is 8. The van der Waals surface area contributed by atoms with Crippen LogP contribution in [0.5, 0.6) is 5.75 Å². The number of halogens is 1. The van der Waals surface area contributed by atoms with Crippen molar-refractivity contribution in [2.24, 2.45) is 5.92 Å². The molecule has 4 N–H and O–H groups in total. The Balaban J connectivity index is 1.63. The zero-order chi connectivity index (χ0) is 31.8. The highest BCUT2D eigenvalue weighted by Gasteiger charge is 2.46. The number of ether oxygens (including phenoxy) is 1. The lowest BCUT2D eigenvalue weighted by Crippen LogP contribution is -2.40. The number of benzene rings is 3. The van der Waals surface area contributed by atoms with Crippen LogP contribution < -0.4 is 15.8 Å². The fraction of sp³-hybridized carbons (Fsp3) is 0.281. The van der Waals surface area contributed by atoms with E-state index in [1.165, 1.54) is 18.1 Å². The minimum absolute atomic E-state index is 0.0179. The number of likely N-dealkylation sites (tertiary alicyclic amines) is 1. The van der Waals surface area contributed by atoms with E-state index in [1.54, 1.807) is 74.6 Å². The maximum Gasteiger partial charge on any atom is 0.309 e. The lowest BCUT2D eigenvalue weighted by atomic mass is 9.93. The van der Waals surface area contributed by atoms with E-state index in [4.69, 9.17) is 22.1 Å². The van der Waals surface area contributed by atoms with Crippen LogP contribution in [0, 0.1) is 5.92 Å². The number of anilines is 2. The van der Waals surface area contributed by atoms with E-state index < -0.39 is 45.0 Å². The van der Waals surface area contributed by atoms with E-state index in [2.05, 4.69) is 10.3 Å². The van der Waals surface area contributed by atoms with E-state index in [0.717, 1.165) is 10.8 Å². The van der Waals surface area contributed by atoms with Gasteiger partial charge in [0, 0.05) is 23.8 Å². The number of pyridine rings is 1. The molecule has 1 fully saturated rings. The molecule has 4 aromatic rings. The number of carboxylic acids is 1. The van der Waals surface area contributed by atoms with Gasteiger partial charge in [-0.05, 0) is 79.2 Å². The Morgan fingerprint density at radius 3 is 2.57 bits per heavy atom. The summed E-state index contributed by atoms with van der Waals surface area (Å²) < 4.78 is 32.2. The summed E-state index contributed by atoms with van der Waals surface area (Å²) in [5, 5.41) is 14.7. The smallest absolute Gasteiger partial charge is 0.309 e. The predicted molar refractivity (Wildman–Crippen MR) is 169 cm³/mol. The van der Waals surface area contributed by atoms with Crippen molar-refractivity contribution in [3.63, 3.8) is 0 Å². The second-order valence-electron chi connectivity index (χ2n) is 10.9. The van der Waals surface area contributed by atoms with Crippen molar-refractivity contribution in [1.29, 1.82) is 0 Å². The number of aromatic nitrogens is 1. The maximum absolute atomic E-state index is 14.6. The molecule has 1 aliphatic heterocycles. The maximum atomic E-state index is 14.6. The van der Waals surface area contributed by atoms with Crippen molar-refractivity contribution >= 4 is 55.6 Å². The minimum Gasteiger partial charge on any atom is -0.495 e. The van der Waals surface area contributed by atoms with Gasteiger partial charge < -0.3 is 25.8 Å². The second-order valence-corrected chi connectivity index (χ2v) is 13.8. The molecule has 230 valence electrons. The monoisotopic (exact) mass is 636 g/mol. The summed E-state index contributed by atoms with van der Waals surface area (Å²) in [4.78, 5) is 32.7. The van der Waals surface area contributed by atoms with Gasteiger partial charge in [0.05, 0.1) is 34.2 Å². The normalized spacial score (nSPS) is 17.5. The Hall–Kier alpha value is -4.35. The van der Waals surface area contributed by atoms with Crippen LogP contribution in [0.4, 0.5) is 11.5 Å². The Morgan fingerprint density at radius 2 is 1.86 bits per heavy atom. The summed E-state index contributed by atoms with van der Waals surface area (Å²) in [5.74, 6) is -1.83. The van der Waals surface area contributed by atoms with Crippen LogP contribution in [0.2, 0.25) is 5.02 Å². The van der Waals surface area contributed by atoms with Crippen LogP contribution >= 0.6 is 11.6 Å². The SMILES string of the molecule is COc1cc([C@@H](Nc2ccc3c(N)nccc3c2)C(=O)N2CCC(C(=O)O)C2c2ccccc2S(=O)(=O)C(C)C)ccc1Cl. The fourth-order valence-corrected chi connectivity index (χ4v) is 7.18. The van der Waals surface area contributed by atoms with E-state index in [-0.39, 0.29) is 23.4 Å². The zero-order valence-electron chi connectivity index (χ0n) is 24.4. The number of carbonyl (C=O) groups excluding carboxylic acids is 1. The van der Waals surface area contributed by atoms with Crippen molar-refractivity contribution in [2.75, 3.05) is 24.7 Å². The molecule has 2 unspecified atom stereocenters. The van der Waals surface area contributed by atoms with Crippen LogP contribution in [0.3, 0.4) is 0 Å². The lowest BCUT2D eigenvalue weighted by molar-refractivity contribution is -0.143. The summed E-state index contributed by atoms with van der Waals surface area (Å²) >= 11 is 6.31. The number of nitrogen functional groups attached to an aromatic ring is 1. The van der Waals surface area contributed by atoms with Gasteiger partial charge in [-0.2, -0.15) is 0 Å². The number of carboxylic acid groups (broad SMARTS) is 1. The molecule has 0 spiro atoms. The van der Waals surface area contributed by atoms with E-state index in [9.17, 15) is 23.1 Å². The molecule has 1 saturated heterocycles. The number of methoxy groups -OCH3 is 1. The van der Waals surface area contributed by atoms with Crippen LogP contribution in [0.15, 0.2) is 77.8 Å². The summed E-state index contributed by atoms with van der Waals surface area (Å²) in [7, 11) is -2.33. The Bertz CT molecular complexity index is 1850. The Labute approximate surface area is 260 Å². The summed E-state index contributed by atoms with van der Waals surface area (Å²) in [5.41, 5.74) is 7.43. The number of amides is 1. The van der Waals surface area contributed by atoms with Gasteiger partial charge in [0.25, 0.3) is 0 Å². The first-order valence-electron chi connectivity index (χ1n) is 14.0. The molecular weight excluding hydrogens is 604 g/mol. The van der Waals surface area contributed by atoms with Gasteiger partial charge in [0.1, 0.15) is 17.6 Å². The number of nitrogens with two attached hydrogens (primary N) is 1. The molecule has 1 amide bonds. The van der Waals surface area contributed by atoms with Gasteiger partial charge in [0.15, 0.2) is 9.84 Å². The first kappa shape index (κ1) is 31.1. The Kier molecular flexibility index (Phi) is 8.71. The van der Waals surface area contributed by atoms with Crippen molar-refractivity contribution in [3.8, 4) is 5.75 Å². The average Bonchev–Trinajstić information content (AvgIpc) is 3.45. The summed E-state index contributed by atoms with van der Waals surface area (Å²) in [6, 6.07) is 16.5. The predicted octanol–water partition coefficient (Wildman–Crippen LogP) is 5.49. The molecule has 2 heterocycles. The van der Waals surface area contributed by atoms with Crippen molar-refractivity contribution < 1.29 is 27.9 Å². The lowest BCUT2D eigenvalue weighted by Gasteiger charge is -2.33. The molecule has 0 radical (unpaired) electrons. The van der Waals surface area contributed by atoms with Crippen LogP contribution in [-0.2, 0) is 19.4 Å². The first-order valence-corrected chi connectivity index (χ1v) is 16.0. The molecule has 0 bridgehead atoms. The molecule has 44 heavy (non-hydrogen) atoms. The van der Waals surface area contributed by atoms with Crippen molar-refractivity contribution in [3.05, 3.63) is 89.1 Å². The third-order valence-electron chi connectivity index (χ3n) is 8.02. The zero-order valence-corrected chi connectivity index (χ0v) is 26.0. The van der Waals surface area contributed by atoms with Gasteiger partial charge >= 0.3 is 5.97 Å². The van der Waals surface area contributed by atoms with Crippen molar-refractivity contribution in [1.82, 2.24) is 9.88 Å². The van der Waals surface area contributed by atoms with Crippen LogP contribution in [-0.4, -0.2) is 54.2 Å². The highest BCUT2D eigenvalue weighted by Crippen LogP contribution is 2.43. The van der Waals surface area contributed by atoms with E-state index in [1.807, 2.05) is 6.07 Å².